The molecule has 254 valence electrons. The first-order chi connectivity index (χ1) is 23.1. The minimum atomic E-state index is -0.527. The predicted molar refractivity (Wildman–Crippen MR) is 189 cm³/mol. The molecular formula is C36H47N9O3. The molecule has 0 aliphatic carbocycles. The first-order valence-corrected chi connectivity index (χ1v) is 16.9. The van der Waals surface area contributed by atoms with E-state index >= 15 is 0 Å². The van der Waals surface area contributed by atoms with Crippen LogP contribution in [0.2, 0.25) is 0 Å². The first-order valence-electron chi connectivity index (χ1n) is 16.9. The van der Waals surface area contributed by atoms with Gasteiger partial charge in [0, 0.05) is 44.7 Å². The summed E-state index contributed by atoms with van der Waals surface area (Å²) in [5, 5.41) is 8.93. The van der Waals surface area contributed by atoms with E-state index in [1.807, 2.05) is 43.0 Å². The van der Waals surface area contributed by atoms with E-state index in [1.165, 1.54) is 11.9 Å². The van der Waals surface area contributed by atoms with Gasteiger partial charge in [0.1, 0.15) is 23.7 Å². The number of amides is 2. The molecule has 1 aromatic heterocycles. The van der Waals surface area contributed by atoms with Crippen molar-refractivity contribution in [2.45, 2.75) is 58.2 Å². The molecule has 4 atom stereocenters. The van der Waals surface area contributed by atoms with Crippen LogP contribution in [0.3, 0.4) is 0 Å². The van der Waals surface area contributed by atoms with Gasteiger partial charge in [-0.1, -0.05) is 30.3 Å². The molecule has 2 aromatic rings. The number of nitrogen functional groups attached to an aromatic ring is 1. The molecule has 0 radical (unpaired) electrons. The quantitative estimate of drug-likeness (QED) is 0.290. The summed E-state index contributed by atoms with van der Waals surface area (Å²) in [5.41, 5.74) is 16.3. The number of amidine groups is 1. The van der Waals surface area contributed by atoms with Gasteiger partial charge in [-0.05, 0) is 75.8 Å². The predicted octanol–water partition coefficient (Wildman–Crippen LogP) is 3.34. The number of aliphatic imine (C=N–C) groups is 2. The zero-order valence-electron chi connectivity index (χ0n) is 28.2. The van der Waals surface area contributed by atoms with Crippen LogP contribution in [0.15, 0.2) is 52.5 Å². The van der Waals surface area contributed by atoms with Crippen molar-refractivity contribution < 1.29 is 14.3 Å². The fourth-order valence-corrected chi connectivity index (χ4v) is 7.67. The van der Waals surface area contributed by atoms with Crippen molar-refractivity contribution in [3.8, 4) is 0 Å². The lowest BCUT2D eigenvalue weighted by Crippen LogP contribution is -2.43. The molecule has 5 heterocycles. The lowest BCUT2D eigenvalue weighted by Gasteiger charge is -2.32. The number of likely N-dealkylation sites (tertiary alicyclic amines) is 1. The molecule has 3 saturated heterocycles. The minimum Gasteiger partial charge on any atom is -0.397 e. The Labute approximate surface area is 282 Å². The summed E-state index contributed by atoms with van der Waals surface area (Å²) >= 11 is 0. The highest BCUT2D eigenvalue weighted by molar-refractivity contribution is 6.04. The van der Waals surface area contributed by atoms with Crippen LogP contribution in [0.5, 0.6) is 0 Å². The van der Waals surface area contributed by atoms with Crippen molar-refractivity contribution >= 4 is 46.8 Å². The van der Waals surface area contributed by atoms with Crippen molar-refractivity contribution in [2.24, 2.45) is 27.1 Å². The maximum Gasteiger partial charge on any atom is 0.237 e. The second kappa shape index (κ2) is 14.0. The third-order valence-electron chi connectivity index (χ3n) is 10.3. The van der Waals surface area contributed by atoms with Crippen LogP contribution in [-0.2, 0) is 14.3 Å². The Balaban J connectivity index is 1.04. The number of benzene rings is 1. The van der Waals surface area contributed by atoms with Gasteiger partial charge in [0.05, 0.1) is 35.6 Å². The van der Waals surface area contributed by atoms with Crippen molar-refractivity contribution in [2.75, 3.05) is 56.9 Å². The maximum atomic E-state index is 13.9. The summed E-state index contributed by atoms with van der Waals surface area (Å²) in [4.78, 5) is 45.8. The number of carbonyl (C=O) groups is 2. The fraction of sp³-hybridized carbons (Fsp3) is 0.500. The van der Waals surface area contributed by atoms with Gasteiger partial charge in [-0.2, -0.15) is 0 Å². The molecule has 2 amide bonds. The molecule has 1 aromatic carbocycles. The van der Waals surface area contributed by atoms with Crippen molar-refractivity contribution in [1.82, 2.24) is 14.8 Å². The molecule has 12 heteroatoms. The van der Waals surface area contributed by atoms with Crippen molar-refractivity contribution in [1.29, 1.82) is 5.41 Å². The average Bonchev–Trinajstić information content (AvgIpc) is 3.64. The van der Waals surface area contributed by atoms with Gasteiger partial charge in [0.25, 0.3) is 0 Å². The zero-order valence-corrected chi connectivity index (χ0v) is 28.2. The Morgan fingerprint density at radius 2 is 1.83 bits per heavy atom. The number of hydrogen-bond donors (Lipinski definition) is 3. The molecular weight excluding hydrogens is 606 g/mol. The average molecular weight is 654 g/mol. The highest BCUT2D eigenvalue weighted by atomic mass is 16.5. The Morgan fingerprint density at radius 1 is 1.10 bits per heavy atom. The molecule has 3 fully saturated rings. The van der Waals surface area contributed by atoms with Gasteiger partial charge < -0.3 is 26.5 Å². The van der Waals surface area contributed by atoms with Gasteiger partial charge in [0.15, 0.2) is 0 Å². The number of nitrogens with two attached hydrogens (primary N) is 2. The van der Waals surface area contributed by atoms with Crippen LogP contribution in [0.4, 0.5) is 11.5 Å². The van der Waals surface area contributed by atoms with Gasteiger partial charge in [-0.15, -0.1) is 0 Å². The topological polar surface area (TPSA) is 167 Å². The van der Waals surface area contributed by atoms with Crippen LogP contribution < -0.4 is 16.4 Å². The molecule has 5 N–H and O–H groups in total. The lowest BCUT2D eigenvalue weighted by atomic mass is 9.85. The van der Waals surface area contributed by atoms with E-state index in [-0.39, 0.29) is 29.9 Å². The smallest absolute Gasteiger partial charge is 0.237 e. The van der Waals surface area contributed by atoms with Gasteiger partial charge in [-0.25, -0.2) is 9.98 Å². The van der Waals surface area contributed by atoms with Crippen LogP contribution >= 0.6 is 0 Å². The number of rotatable bonds is 8. The maximum absolute atomic E-state index is 13.9. The summed E-state index contributed by atoms with van der Waals surface area (Å²) in [6.45, 7) is 7.40. The summed E-state index contributed by atoms with van der Waals surface area (Å²) in [5.74, 6) is 1.10. The van der Waals surface area contributed by atoms with Crippen LogP contribution in [0.25, 0.3) is 5.57 Å². The third-order valence-corrected chi connectivity index (χ3v) is 10.3. The van der Waals surface area contributed by atoms with Gasteiger partial charge in [-0.3, -0.25) is 24.4 Å². The van der Waals surface area contributed by atoms with Crippen LogP contribution in [0.1, 0.15) is 62.8 Å². The largest absolute Gasteiger partial charge is 0.397 e. The van der Waals surface area contributed by atoms with Gasteiger partial charge >= 0.3 is 0 Å². The molecule has 4 aliphatic heterocycles. The molecule has 1 unspecified atom stereocenters. The molecule has 0 bridgehead atoms. The summed E-state index contributed by atoms with van der Waals surface area (Å²) in [6, 6.07) is 11.5. The Hall–Kier alpha value is -4.42. The molecule has 4 aliphatic rings. The number of aromatic nitrogens is 1. The van der Waals surface area contributed by atoms with E-state index in [4.69, 9.17) is 26.6 Å². The standard InChI is InChI=1S/C36H47N9O3/c1-23-18-28(19-24(2)48-23)32(38)33-29(37)8-9-30(42-33)45-17-13-36(35(45)47)12-16-43(21-36)20-31(46)44-14-10-26(11-15-44)25-4-6-27(7-5-25)34(39)41-22-40-3/h4-10,22-24,28,38H,11-21,37H2,1-3H3,(H2,39,40,41)/t23-,24+,28?,36-/m0/s1. The van der Waals surface area contributed by atoms with E-state index in [0.29, 0.717) is 80.9 Å². The SMILES string of the molecule is CN=CN=C(N)c1ccc(C2=CCN(C(=O)CN3CC[C@]4(CCN(c5ccc(N)c(C(=N)C6C[C@@H](C)O[C@@H](C)C6)n5)C4=O)C3)CC2)cc1. The summed E-state index contributed by atoms with van der Waals surface area (Å²) in [7, 11) is 1.65. The van der Waals surface area contributed by atoms with Gasteiger partial charge in [0.2, 0.25) is 11.8 Å². The number of ether oxygens (including phenoxy) is 1. The molecule has 48 heavy (non-hydrogen) atoms. The molecule has 0 saturated carbocycles. The number of anilines is 2. The van der Waals surface area contributed by atoms with Crippen molar-refractivity contribution in [3.63, 3.8) is 0 Å². The Bertz CT molecular complexity index is 1640. The zero-order chi connectivity index (χ0) is 34.0. The van der Waals surface area contributed by atoms with Crippen LogP contribution in [0, 0.1) is 16.7 Å². The van der Waals surface area contributed by atoms with Crippen LogP contribution in [-0.4, -0.2) is 103 Å². The number of carbonyl (C=O) groups excluding carboxylic acids is 2. The van der Waals surface area contributed by atoms with E-state index in [2.05, 4.69) is 21.0 Å². The molecule has 6 rings (SSSR count). The van der Waals surface area contributed by atoms with E-state index in [9.17, 15) is 9.59 Å². The minimum absolute atomic E-state index is 0.00967. The second-order valence-corrected chi connectivity index (χ2v) is 13.7. The highest BCUT2D eigenvalue weighted by Gasteiger charge is 2.51. The summed E-state index contributed by atoms with van der Waals surface area (Å²) < 4.78 is 5.87. The summed E-state index contributed by atoms with van der Waals surface area (Å²) in [6.07, 6.45) is 7.39. The first kappa shape index (κ1) is 33.5. The monoisotopic (exact) mass is 653 g/mol. The third kappa shape index (κ3) is 6.91. The lowest BCUT2D eigenvalue weighted by molar-refractivity contribution is -0.132. The second-order valence-electron chi connectivity index (χ2n) is 13.7. The number of pyridine rings is 1. The van der Waals surface area contributed by atoms with E-state index in [0.717, 1.165) is 30.4 Å². The molecule has 12 nitrogen and oxygen atoms in total. The number of nitrogens with one attached hydrogen (secondary N) is 1. The van der Waals surface area contributed by atoms with E-state index < -0.39 is 5.41 Å². The Kier molecular flexibility index (Phi) is 9.75. The number of hydrogen-bond acceptors (Lipinski definition) is 8. The van der Waals surface area contributed by atoms with Crippen molar-refractivity contribution in [3.05, 3.63) is 59.3 Å². The highest BCUT2D eigenvalue weighted by Crippen LogP contribution is 2.42. The van der Waals surface area contributed by atoms with E-state index in [1.54, 1.807) is 24.1 Å². The normalized spacial score (nSPS) is 26.9. The number of nitrogens with zero attached hydrogens (tertiary/aromatic N) is 6. The Morgan fingerprint density at radius 3 is 2.52 bits per heavy atom. The molecule has 1 spiro atoms. The fourth-order valence-electron chi connectivity index (χ4n) is 7.67.